The second-order valence-electron chi connectivity index (χ2n) is 6.20. The smallest absolute Gasteiger partial charge is 0.417 e. The maximum absolute atomic E-state index is 13.0. The van der Waals surface area contributed by atoms with Crippen LogP contribution in [0.2, 0.25) is 0 Å². The van der Waals surface area contributed by atoms with Crippen LogP contribution in [0.3, 0.4) is 0 Å². The molecular formula is C20H21NO3. The number of carbonyl (C=O) groups is 2. The van der Waals surface area contributed by atoms with E-state index in [0.29, 0.717) is 0 Å². The minimum atomic E-state index is -0.555. The van der Waals surface area contributed by atoms with Crippen LogP contribution in [0, 0.1) is 5.92 Å². The first kappa shape index (κ1) is 16.2. The number of ether oxygens (including phenoxy) is 1. The van der Waals surface area contributed by atoms with E-state index in [4.69, 9.17) is 4.74 Å². The summed E-state index contributed by atoms with van der Waals surface area (Å²) in [6.07, 6.45) is -0.555. The molecule has 1 aliphatic heterocycles. The number of rotatable bonds is 4. The van der Waals surface area contributed by atoms with E-state index in [1.54, 1.807) is 0 Å². The maximum atomic E-state index is 13.0. The molecule has 0 aromatic heterocycles. The topological polar surface area (TPSA) is 46.6 Å². The van der Waals surface area contributed by atoms with Crippen LogP contribution in [-0.2, 0) is 9.53 Å². The number of amides is 2. The third-order valence-electron chi connectivity index (χ3n) is 4.76. The van der Waals surface area contributed by atoms with E-state index < -0.39 is 6.09 Å². The van der Waals surface area contributed by atoms with Gasteiger partial charge in [0.15, 0.2) is 0 Å². The fourth-order valence-electron chi connectivity index (χ4n) is 3.06. The van der Waals surface area contributed by atoms with Gasteiger partial charge in [-0.1, -0.05) is 74.5 Å². The van der Waals surface area contributed by atoms with Gasteiger partial charge in [-0.3, -0.25) is 4.79 Å². The zero-order valence-electron chi connectivity index (χ0n) is 13.9. The zero-order chi connectivity index (χ0) is 17.1. The first-order chi connectivity index (χ1) is 11.6. The Morgan fingerprint density at radius 2 is 1.62 bits per heavy atom. The third-order valence-corrected chi connectivity index (χ3v) is 4.76. The Kier molecular flexibility index (Phi) is 4.65. The van der Waals surface area contributed by atoms with Crippen LogP contribution in [0.4, 0.5) is 4.79 Å². The summed E-state index contributed by atoms with van der Waals surface area (Å²) >= 11 is 0. The molecule has 4 nitrogen and oxygen atoms in total. The molecule has 1 heterocycles. The normalized spacial score (nSPS) is 19.7. The van der Waals surface area contributed by atoms with Crippen molar-refractivity contribution in [3.8, 4) is 0 Å². The van der Waals surface area contributed by atoms with E-state index in [-0.39, 0.29) is 30.4 Å². The summed E-state index contributed by atoms with van der Waals surface area (Å²) in [6, 6.07) is 19.1. The Morgan fingerprint density at radius 3 is 2.25 bits per heavy atom. The predicted molar refractivity (Wildman–Crippen MR) is 91.4 cm³/mol. The van der Waals surface area contributed by atoms with Crippen molar-refractivity contribution in [1.29, 1.82) is 0 Å². The summed E-state index contributed by atoms with van der Waals surface area (Å²) < 4.78 is 5.16. The molecule has 3 atom stereocenters. The molecular weight excluding hydrogens is 302 g/mol. The van der Waals surface area contributed by atoms with Gasteiger partial charge in [0, 0.05) is 5.92 Å². The van der Waals surface area contributed by atoms with Gasteiger partial charge >= 0.3 is 6.09 Å². The fraction of sp³-hybridized carbons (Fsp3) is 0.300. The van der Waals surface area contributed by atoms with Crippen molar-refractivity contribution in [1.82, 2.24) is 4.90 Å². The van der Waals surface area contributed by atoms with E-state index in [1.807, 2.05) is 74.5 Å². The van der Waals surface area contributed by atoms with Gasteiger partial charge in [0.25, 0.3) is 0 Å². The Bertz CT molecular complexity index is 714. The summed E-state index contributed by atoms with van der Waals surface area (Å²) in [6.45, 7) is 4.09. The molecule has 1 unspecified atom stereocenters. The van der Waals surface area contributed by atoms with Gasteiger partial charge < -0.3 is 4.74 Å². The maximum Gasteiger partial charge on any atom is 0.417 e. The number of imide groups is 1. The second-order valence-corrected chi connectivity index (χ2v) is 6.20. The highest BCUT2D eigenvalue weighted by Gasteiger charge is 2.41. The molecule has 24 heavy (non-hydrogen) atoms. The number of hydrogen-bond acceptors (Lipinski definition) is 3. The second kappa shape index (κ2) is 6.87. The third kappa shape index (κ3) is 3.04. The molecule has 1 saturated heterocycles. The minimum Gasteiger partial charge on any atom is -0.446 e. The Balaban J connectivity index is 1.83. The van der Waals surface area contributed by atoms with Gasteiger partial charge in [0.1, 0.15) is 12.6 Å². The van der Waals surface area contributed by atoms with E-state index in [2.05, 4.69) is 0 Å². The van der Waals surface area contributed by atoms with E-state index in [9.17, 15) is 9.59 Å². The monoisotopic (exact) mass is 323 g/mol. The van der Waals surface area contributed by atoms with Crippen LogP contribution < -0.4 is 0 Å². The summed E-state index contributed by atoms with van der Waals surface area (Å²) in [7, 11) is 0. The molecule has 2 aromatic carbocycles. The fourth-order valence-corrected chi connectivity index (χ4v) is 3.06. The first-order valence-corrected chi connectivity index (χ1v) is 8.19. The van der Waals surface area contributed by atoms with Crippen LogP contribution in [0.25, 0.3) is 0 Å². The van der Waals surface area contributed by atoms with Crippen molar-refractivity contribution in [2.75, 3.05) is 6.61 Å². The molecule has 124 valence electrons. The van der Waals surface area contributed by atoms with Gasteiger partial charge in [0.2, 0.25) is 5.91 Å². The molecule has 4 heteroatoms. The molecule has 0 N–H and O–H groups in total. The van der Waals surface area contributed by atoms with Gasteiger partial charge in [-0.2, -0.15) is 0 Å². The van der Waals surface area contributed by atoms with E-state index in [0.717, 1.165) is 11.1 Å². The first-order valence-electron chi connectivity index (χ1n) is 8.19. The highest BCUT2D eigenvalue weighted by Crippen LogP contribution is 2.33. The largest absolute Gasteiger partial charge is 0.446 e. The molecule has 0 bridgehead atoms. The lowest BCUT2D eigenvalue weighted by Gasteiger charge is -2.26. The van der Waals surface area contributed by atoms with Crippen LogP contribution in [0.15, 0.2) is 60.7 Å². The van der Waals surface area contributed by atoms with Crippen molar-refractivity contribution < 1.29 is 14.3 Å². The molecule has 1 fully saturated rings. The minimum absolute atomic E-state index is 0.0172. The number of nitrogens with zero attached hydrogens (tertiary/aromatic N) is 1. The summed E-state index contributed by atoms with van der Waals surface area (Å²) in [5.74, 6) is -0.490. The van der Waals surface area contributed by atoms with Crippen molar-refractivity contribution in [2.24, 2.45) is 5.92 Å². The highest BCUT2D eigenvalue weighted by atomic mass is 16.6. The van der Waals surface area contributed by atoms with Crippen LogP contribution >= 0.6 is 0 Å². The molecule has 1 aliphatic rings. The molecule has 2 aromatic rings. The molecule has 2 amide bonds. The average Bonchev–Trinajstić information content (AvgIpc) is 3.03. The number of benzene rings is 2. The van der Waals surface area contributed by atoms with Gasteiger partial charge in [-0.25, -0.2) is 9.69 Å². The Morgan fingerprint density at radius 1 is 1.04 bits per heavy atom. The summed E-state index contributed by atoms with van der Waals surface area (Å²) in [5.41, 5.74) is 2.00. The van der Waals surface area contributed by atoms with E-state index >= 15 is 0 Å². The SMILES string of the molecule is CC(c1ccccc1)[C@H](C)C(=O)N1C(=O)OC[C@@H]1c1ccccc1. The number of cyclic esters (lactones) is 1. The van der Waals surface area contributed by atoms with Crippen molar-refractivity contribution in [2.45, 2.75) is 25.8 Å². The Hall–Kier alpha value is -2.62. The van der Waals surface area contributed by atoms with Gasteiger partial charge in [-0.05, 0) is 17.0 Å². The molecule has 0 radical (unpaired) electrons. The lowest BCUT2D eigenvalue weighted by atomic mass is 9.87. The Labute approximate surface area is 142 Å². The van der Waals surface area contributed by atoms with E-state index in [1.165, 1.54) is 4.90 Å². The van der Waals surface area contributed by atoms with Crippen LogP contribution in [0.5, 0.6) is 0 Å². The lowest BCUT2D eigenvalue weighted by molar-refractivity contribution is -0.133. The van der Waals surface area contributed by atoms with Crippen molar-refractivity contribution in [3.63, 3.8) is 0 Å². The molecule has 0 spiro atoms. The lowest BCUT2D eigenvalue weighted by Crippen LogP contribution is -2.39. The standard InChI is InChI=1S/C20H21NO3/c1-14(16-9-5-3-6-10-16)15(2)19(22)21-18(13-24-20(21)23)17-11-7-4-8-12-17/h3-12,14-15,18H,13H2,1-2H3/t14?,15-,18+/m0/s1. The average molecular weight is 323 g/mol. The summed E-state index contributed by atoms with van der Waals surface area (Å²) in [4.78, 5) is 26.4. The van der Waals surface area contributed by atoms with Crippen LogP contribution in [-0.4, -0.2) is 23.5 Å². The number of carbonyl (C=O) groups excluding carboxylic acids is 2. The zero-order valence-corrected chi connectivity index (χ0v) is 13.9. The highest BCUT2D eigenvalue weighted by molar-refractivity contribution is 5.95. The molecule has 0 aliphatic carbocycles. The van der Waals surface area contributed by atoms with Crippen LogP contribution in [0.1, 0.15) is 36.9 Å². The predicted octanol–water partition coefficient (Wildman–Crippen LogP) is 4.15. The van der Waals surface area contributed by atoms with Gasteiger partial charge in [0.05, 0.1) is 0 Å². The van der Waals surface area contributed by atoms with Crippen molar-refractivity contribution in [3.05, 3.63) is 71.8 Å². The van der Waals surface area contributed by atoms with Crippen molar-refractivity contribution >= 4 is 12.0 Å². The summed E-state index contributed by atoms with van der Waals surface area (Å²) in [5, 5.41) is 0. The number of hydrogen-bond donors (Lipinski definition) is 0. The quantitative estimate of drug-likeness (QED) is 0.849. The van der Waals surface area contributed by atoms with Gasteiger partial charge in [-0.15, -0.1) is 0 Å². The molecule has 3 rings (SSSR count). The molecule has 0 saturated carbocycles.